The van der Waals surface area contributed by atoms with Gasteiger partial charge in [-0.3, -0.25) is 4.90 Å². The average molecular weight is 272 g/mol. The Morgan fingerprint density at radius 1 is 1.39 bits per heavy atom. The summed E-state index contributed by atoms with van der Waals surface area (Å²) in [6.07, 6.45) is 2.35. The van der Waals surface area contributed by atoms with Crippen molar-refractivity contribution in [1.29, 1.82) is 0 Å². The molecule has 6 heteroatoms. The zero-order valence-corrected chi connectivity index (χ0v) is 11.2. The molecule has 2 rings (SSSR count). The summed E-state index contributed by atoms with van der Waals surface area (Å²) in [5, 5.41) is 21.0. The normalized spacial score (nSPS) is 19.8. The highest BCUT2D eigenvalue weighted by atomic mass is 32.1. The number of aliphatic hydroxyl groups is 2. The van der Waals surface area contributed by atoms with Crippen LogP contribution in [0.1, 0.15) is 29.6 Å². The molecule has 2 heterocycles. The van der Waals surface area contributed by atoms with Crippen LogP contribution in [0.3, 0.4) is 0 Å². The van der Waals surface area contributed by atoms with E-state index in [4.69, 9.17) is 14.9 Å². The van der Waals surface area contributed by atoms with Crippen LogP contribution in [-0.2, 0) is 11.3 Å². The lowest BCUT2D eigenvalue weighted by atomic mass is 10.2. The molecule has 1 aliphatic heterocycles. The summed E-state index contributed by atoms with van der Waals surface area (Å²) in [5.41, 5.74) is 0.993. The Bertz CT molecular complexity index is 347. The van der Waals surface area contributed by atoms with E-state index in [1.807, 2.05) is 10.3 Å². The highest BCUT2D eigenvalue weighted by Gasteiger charge is 2.21. The van der Waals surface area contributed by atoms with Gasteiger partial charge in [0, 0.05) is 31.6 Å². The molecule has 2 N–H and O–H groups in total. The second-order valence-corrected chi connectivity index (χ2v) is 5.29. The van der Waals surface area contributed by atoms with Gasteiger partial charge < -0.3 is 14.9 Å². The van der Waals surface area contributed by atoms with Gasteiger partial charge in [-0.05, 0) is 12.8 Å². The van der Waals surface area contributed by atoms with Crippen molar-refractivity contribution in [3.05, 3.63) is 16.1 Å². The molecule has 0 bridgehead atoms. The Hall–Kier alpha value is -0.530. The molecule has 0 spiro atoms. The number of hydrogen-bond donors (Lipinski definition) is 2. The van der Waals surface area contributed by atoms with Gasteiger partial charge >= 0.3 is 0 Å². The standard InChI is InChI=1S/C12H20N2O3S/c15-5-3-14(4-6-16)8-10-9-18-12(13-10)11-2-1-7-17-11/h9,11,15-16H,1-8H2. The van der Waals surface area contributed by atoms with Crippen LogP contribution in [0, 0.1) is 0 Å². The molecule has 102 valence electrons. The second kappa shape index (κ2) is 7.16. The third kappa shape index (κ3) is 3.73. The summed E-state index contributed by atoms with van der Waals surface area (Å²) in [7, 11) is 0. The highest BCUT2D eigenvalue weighted by Crippen LogP contribution is 2.30. The molecular formula is C12H20N2O3S. The zero-order valence-electron chi connectivity index (χ0n) is 10.4. The van der Waals surface area contributed by atoms with E-state index in [1.54, 1.807) is 11.3 Å². The Balaban J connectivity index is 1.91. The summed E-state index contributed by atoms with van der Waals surface area (Å²) < 4.78 is 5.61. The molecule has 1 aromatic rings. The van der Waals surface area contributed by atoms with E-state index in [2.05, 4.69) is 4.98 Å². The fourth-order valence-corrected chi connectivity index (χ4v) is 2.99. The molecule has 1 saturated heterocycles. The fraction of sp³-hybridized carbons (Fsp3) is 0.750. The lowest BCUT2D eigenvalue weighted by Crippen LogP contribution is -2.29. The van der Waals surface area contributed by atoms with Gasteiger partial charge in [-0.2, -0.15) is 0 Å². The maximum atomic E-state index is 8.96. The van der Waals surface area contributed by atoms with E-state index in [9.17, 15) is 0 Å². The third-order valence-electron chi connectivity index (χ3n) is 2.99. The first-order valence-electron chi connectivity index (χ1n) is 6.33. The number of thiazole rings is 1. The zero-order chi connectivity index (χ0) is 12.8. The Morgan fingerprint density at radius 2 is 2.17 bits per heavy atom. The molecule has 0 saturated carbocycles. The van der Waals surface area contributed by atoms with E-state index >= 15 is 0 Å². The maximum Gasteiger partial charge on any atom is 0.122 e. The third-order valence-corrected chi connectivity index (χ3v) is 3.98. The van der Waals surface area contributed by atoms with Crippen molar-refractivity contribution >= 4 is 11.3 Å². The molecule has 18 heavy (non-hydrogen) atoms. The number of hydrogen-bond acceptors (Lipinski definition) is 6. The van der Waals surface area contributed by atoms with Gasteiger partial charge in [-0.15, -0.1) is 11.3 Å². The smallest absolute Gasteiger partial charge is 0.122 e. The van der Waals surface area contributed by atoms with Gasteiger partial charge in [0.05, 0.1) is 18.9 Å². The number of aliphatic hydroxyl groups excluding tert-OH is 2. The van der Waals surface area contributed by atoms with Crippen LogP contribution < -0.4 is 0 Å². The van der Waals surface area contributed by atoms with Crippen LogP contribution in [0.5, 0.6) is 0 Å². The van der Waals surface area contributed by atoms with Crippen molar-refractivity contribution in [3.8, 4) is 0 Å². The van der Waals surface area contributed by atoms with E-state index in [1.165, 1.54) is 0 Å². The predicted octanol–water partition coefficient (Wildman–Crippen LogP) is 0.781. The van der Waals surface area contributed by atoms with Crippen molar-refractivity contribution in [1.82, 2.24) is 9.88 Å². The molecular weight excluding hydrogens is 252 g/mol. The van der Waals surface area contributed by atoms with Crippen molar-refractivity contribution in [3.63, 3.8) is 0 Å². The van der Waals surface area contributed by atoms with Crippen LogP contribution >= 0.6 is 11.3 Å². The minimum atomic E-state index is 0.0999. The van der Waals surface area contributed by atoms with Crippen molar-refractivity contribution in [2.45, 2.75) is 25.5 Å². The summed E-state index contributed by atoms with van der Waals surface area (Å²) >= 11 is 1.64. The number of rotatable bonds is 7. The highest BCUT2D eigenvalue weighted by molar-refractivity contribution is 7.09. The Morgan fingerprint density at radius 3 is 2.78 bits per heavy atom. The number of ether oxygens (including phenoxy) is 1. The Labute approximate surface area is 111 Å². The summed E-state index contributed by atoms with van der Waals surface area (Å²) in [5.74, 6) is 0. The first kappa shape index (κ1) is 13.9. The van der Waals surface area contributed by atoms with Gasteiger partial charge in [0.15, 0.2) is 0 Å². The van der Waals surface area contributed by atoms with Gasteiger partial charge in [-0.1, -0.05) is 0 Å². The predicted molar refractivity (Wildman–Crippen MR) is 69.5 cm³/mol. The van der Waals surface area contributed by atoms with Crippen LogP contribution in [0.25, 0.3) is 0 Å². The maximum absolute atomic E-state index is 8.96. The minimum Gasteiger partial charge on any atom is -0.395 e. The van der Waals surface area contributed by atoms with E-state index < -0.39 is 0 Å². The van der Waals surface area contributed by atoms with Crippen LogP contribution in [0.15, 0.2) is 5.38 Å². The monoisotopic (exact) mass is 272 g/mol. The number of nitrogens with zero attached hydrogens (tertiary/aromatic N) is 2. The molecule has 0 aromatic carbocycles. The van der Waals surface area contributed by atoms with Crippen molar-refractivity contribution in [2.75, 3.05) is 32.9 Å². The molecule has 0 amide bonds. The van der Waals surface area contributed by atoms with Gasteiger partial charge in [0.2, 0.25) is 0 Å². The summed E-state index contributed by atoms with van der Waals surface area (Å²) in [6, 6.07) is 0. The quantitative estimate of drug-likeness (QED) is 0.768. The van der Waals surface area contributed by atoms with Crippen molar-refractivity contribution in [2.24, 2.45) is 0 Å². The summed E-state index contributed by atoms with van der Waals surface area (Å²) in [4.78, 5) is 6.58. The fourth-order valence-electron chi connectivity index (χ4n) is 2.10. The molecule has 1 atom stereocenters. The summed E-state index contributed by atoms with van der Waals surface area (Å²) in [6.45, 7) is 2.83. The lowest BCUT2D eigenvalue weighted by Gasteiger charge is -2.18. The average Bonchev–Trinajstić information content (AvgIpc) is 2.98. The largest absolute Gasteiger partial charge is 0.395 e. The molecule has 0 radical (unpaired) electrons. The lowest BCUT2D eigenvalue weighted by molar-refractivity contribution is 0.111. The van der Waals surface area contributed by atoms with Gasteiger partial charge in [0.1, 0.15) is 11.1 Å². The minimum absolute atomic E-state index is 0.0999. The van der Waals surface area contributed by atoms with Crippen molar-refractivity contribution < 1.29 is 14.9 Å². The first-order valence-corrected chi connectivity index (χ1v) is 7.21. The SMILES string of the molecule is OCCN(CCO)Cc1csc(C2CCCO2)n1. The van der Waals surface area contributed by atoms with Crippen LogP contribution in [0.4, 0.5) is 0 Å². The van der Waals surface area contributed by atoms with E-state index in [0.717, 1.165) is 30.2 Å². The molecule has 5 nitrogen and oxygen atoms in total. The van der Waals surface area contributed by atoms with E-state index in [0.29, 0.717) is 19.6 Å². The molecule has 1 aromatic heterocycles. The Kier molecular flexibility index (Phi) is 5.52. The second-order valence-electron chi connectivity index (χ2n) is 4.40. The molecule has 1 fully saturated rings. The molecule has 1 unspecified atom stereocenters. The first-order chi connectivity index (χ1) is 8.83. The van der Waals surface area contributed by atoms with Gasteiger partial charge in [-0.25, -0.2) is 4.98 Å². The topological polar surface area (TPSA) is 65.8 Å². The number of aromatic nitrogens is 1. The molecule has 1 aliphatic rings. The van der Waals surface area contributed by atoms with E-state index in [-0.39, 0.29) is 19.3 Å². The molecule has 0 aliphatic carbocycles. The van der Waals surface area contributed by atoms with Gasteiger partial charge in [0.25, 0.3) is 0 Å². The van der Waals surface area contributed by atoms with Crippen LogP contribution in [0.2, 0.25) is 0 Å². The van der Waals surface area contributed by atoms with Crippen LogP contribution in [-0.4, -0.2) is 53.0 Å².